The van der Waals surface area contributed by atoms with Gasteiger partial charge in [-0.1, -0.05) is 32.0 Å². The molecule has 4 aliphatic heterocycles. The van der Waals surface area contributed by atoms with Crippen LogP contribution < -0.4 is 0 Å². The predicted molar refractivity (Wildman–Crippen MR) is 266 cm³/mol. The van der Waals surface area contributed by atoms with Gasteiger partial charge >= 0.3 is 5.97 Å². The highest BCUT2D eigenvalue weighted by Crippen LogP contribution is 2.72. The Hall–Kier alpha value is -2.11. The van der Waals surface area contributed by atoms with Crippen molar-refractivity contribution in [2.24, 2.45) is 22.7 Å². The van der Waals surface area contributed by atoms with Crippen molar-refractivity contribution < 1.29 is 108 Å². The van der Waals surface area contributed by atoms with Gasteiger partial charge in [-0.15, -0.1) is 0 Å². The smallest absolute Gasteiger partial charge is 0.338 e. The standard InChI is InChI=1S/C55H86O22/c1-26-44(75-39-23-34(67-8)45(27(2)70-39)76-50-43(61)47(68-9)46(28(3)71-50)77-49-42(60)41(59)40(58)35(25-56)73-49)33(66-7)22-38(69-26)72-32-16-17-51(5)31(21-32)15-18-54(64)36(51)24-37(74-48(62)30-13-11-10-12-14-30)52(6)53(63,29(4)57)19-20-55(52,54)65/h10-14,26-29,31-47,49-50,56-61,63-65H,15-25H2,1-9H3/t26-,27-,28-,29?,31+,32+,33+,34-,35-,36-,37-,38+,39+,40-,41+,42-,43-,44-,45-,46-,47+,49+,50+,51+,52-,53-,54+,55-/m1/s1. The summed E-state index contributed by atoms with van der Waals surface area (Å²) in [6, 6.07) is 8.56. The lowest BCUT2D eigenvalue weighted by Gasteiger charge is -2.69. The Balaban J connectivity index is 0.808. The maximum absolute atomic E-state index is 13.8. The number of methoxy groups -OCH3 is 3. The van der Waals surface area contributed by atoms with E-state index in [2.05, 4.69) is 6.92 Å². The van der Waals surface area contributed by atoms with Crippen molar-refractivity contribution in [1.29, 1.82) is 0 Å². The molecule has 8 fully saturated rings. The molecule has 1 aromatic rings. The molecule has 22 heteroatoms. The van der Waals surface area contributed by atoms with Crippen LogP contribution >= 0.6 is 0 Å². The van der Waals surface area contributed by atoms with Gasteiger partial charge < -0.3 is 103 Å². The molecule has 0 spiro atoms. The molecule has 438 valence electrons. The average molecular weight is 1100 g/mol. The van der Waals surface area contributed by atoms with Crippen molar-refractivity contribution >= 4 is 5.97 Å². The molecule has 1 unspecified atom stereocenters. The molecule has 8 aliphatic rings. The molecular weight excluding hydrogens is 1010 g/mol. The number of hydrogen-bond acceptors (Lipinski definition) is 22. The number of aliphatic hydroxyl groups excluding tert-OH is 6. The Morgan fingerprint density at radius 2 is 1.26 bits per heavy atom. The van der Waals surface area contributed by atoms with Gasteiger partial charge in [0, 0.05) is 34.2 Å². The van der Waals surface area contributed by atoms with E-state index in [4.69, 9.17) is 56.8 Å². The lowest BCUT2D eigenvalue weighted by molar-refractivity contribution is -0.373. The second kappa shape index (κ2) is 22.9. The molecule has 0 bridgehead atoms. The zero-order valence-corrected chi connectivity index (χ0v) is 45.8. The minimum atomic E-state index is -1.88. The molecule has 28 atom stereocenters. The molecule has 0 radical (unpaired) electrons. The highest BCUT2D eigenvalue weighted by Gasteiger charge is 2.81. The van der Waals surface area contributed by atoms with Crippen LogP contribution in [-0.4, -0.2) is 226 Å². The number of hydrogen-bond donors (Lipinski definition) is 9. The molecule has 77 heavy (non-hydrogen) atoms. The van der Waals surface area contributed by atoms with Crippen LogP contribution in [0.2, 0.25) is 0 Å². The van der Waals surface area contributed by atoms with E-state index < -0.39 is 169 Å². The Kier molecular flexibility index (Phi) is 17.7. The van der Waals surface area contributed by atoms with E-state index in [-0.39, 0.29) is 44.1 Å². The van der Waals surface area contributed by atoms with Gasteiger partial charge in [-0.3, -0.25) is 0 Å². The van der Waals surface area contributed by atoms with Crippen molar-refractivity contribution in [3.63, 3.8) is 0 Å². The largest absolute Gasteiger partial charge is 0.458 e. The topological polar surface area (TPSA) is 310 Å². The fraction of sp³-hybridized carbons (Fsp3) is 0.873. The molecule has 4 saturated heterocycles. The summed E-state index contributed by atoms with van der Waals surface area (Å²) in [5.41, 5.74) is -7.14. The number of fused-ring (bicyclic) bond motifs is 5. The predicted octanol–water partition coefficient (Wildman–Crippen LogP) is 0.968. The van der Waals surface area contributed by atoms with E-state index in [9.17, 15) is 50.8 Å². The number of esters is 1. The van der Waals surface area contributed by atoms with Gasteiger partial charge in [0.05, 0.1) is 65.9 Å². The molecule has 4 aliphatic carbocycles. The fourth-order valence-electron chi connectivity index (χ4n) is 15.4. The van der Waals surface area contributed by atoms with Crippen LogP contribution in [0.4, 0.5) is 0 Å². The molecule has 4 heterocycles. The summed E-state index contributed by atoms with van der Waals surface area (Å²) in [6.45, 7) is 10.00. The van der Waals surface area contributed by atoms with Gasteiger partial charge in [0.25, 0.3) is 0 Å². The Bertz CT molecular complexity index is 2140. The monoisotopic (exact) mass is 1100 g/mol. The van der Waals surface area contributed by atoms with Crippen molar-refractivity contribution in [1.82, 2.24) is 0 Å². The van der Waals surface area contributed by atoms with Gasteiger partial charge in [-0.05, 0) is 108 Å². The summed E-state index contributed by atoms with van der Waals surface area (Å²) in [5, 5.41) is 102. The Labute approximate surface area is 450 Å². The zero-order valence-electron chi connectivity index (χ0n) is 45.8. The molecule has 9 rings (SSSR count). The van der Waals surface area contributed by atoms with Crippen LogP contribution in [0.3, 0.4) is 0 Å². The number of rotatable bonds is 15. The minimum Gasteiger partial charge on any atom is -0.458 e. The second-order valence-corrected chi connectivity index (χ2v) is 23.9. The summed E-state index contributed by atoms with van der Waals surface area (Å²) >= 11 is 0. The Morgan fingerprint density at radius 3 is 1.87 bits per heavy atom. The molecule has 9 N–H and O–H groups in total. The summed E-state index contributed by atoms with van der Waals surface area (Å²) < 4.78 is 74.3. The quantitative estimate of drug-likeness (QED) is 0.0873. The van der Waals surface area contributed by atoms with Gasteiger partial charge in [0.15, 0.2) is 25.2 Å². The van der Waals surface area contributed by atoms with Gasteiger partial charge in [-0.25, -0.2) is 4.79 Å². The average Bonchev–Trinajstić information content (AvgIpc) is 3.83. The highest BCUT2D eigenvalue weighted by atomic mass is 16.8. The third-order valence-corrected chi connectivity index (χ3v) is 20.1. The SMILES string of the molecule is CO[C@H]1[C@@H](O)[C@H](O[C@@H]2[C@@H](C)O[C@@H](O[C@H]3[C@@H](OC)C[C@H](O[C@H]4CC[C@@]5(C)[C@@H](CC[C@]6(O)[C@@H]5C[C@@H](OC(=O)c5ccccc5)[C@@]5(C)[C@]6(O)CC[C@@]5(O)C(C)O)C4)O[C@@H]3C)C[C@H]2OC)O[C@H](C)[C@H]1O[C@@H]1O[C@H](CO)[C@@H](O)[C@H](O)[C@H]1O. The van der Waals surface area contributed by atoms with E-state index in [0.29, 0.717) is 37.7 Å². The number of carbonyl (C=O) groups is 1. The maximum Gasteiger partial charge on any atom is 0.338 e. The second-order valence-electron chi connectivity index (χ2n) is 23.9. The molecule has 1 aromatic carbocycles. The highest BCUT2D eigenvalue weighted by molar-refractivity contribution is 5.89. The molecule has 22 nitrogen and oxygen atoms in total. The first-order valence-corrected chi connectivity index (χ1v) is 27.7. The molecular formula is C55H86O22. The van der Waals surface area contributed by atoms with Crippen molar-refractivity contribution in [3.8, 4) is 0 Å². The van der Waals surface area contributed by atoms with Crippen LogP contribution in [-0.2, 0) is 56.8 Å². The van der Waals surface area contributed by atoms with Crippen molar-refractivity contribution in [2.75, 3.05) is 27.9 Å². The van der Waals surface area contributed by atoms with E-state index in [1.165, 1.54) is 21.1 Å². The summed E-state index contributed by atoms with van der Waals surface area (Å²) in [7, 11) is 4.51. The summed E-state index contributed by atoms with van der Waals surface area (Å²) in [4.78, 5) is 13.8. The first-order chi connectivity index (χ1) is 36.4. The Morgan fingerprint density at radius 1 is 0.662 bits per heavy atom. The number of aliphatic hydroxyl groups is 9. The lowest BCUT2D eigenvalue weighted by Crippen LogP contribution is -2.79. The summed E-state index contributed by atoms with van der Waals surface area (Å²) in [5.74, 6) is -1.04. The fourth-order valence-corrected chi connectivity index (χ4v) is 15.4. The number of ether oxygens (including phenoxy) is 12. The third-order valence-electron chi connectivity index (χ3n) is 20.1. The van der Waals surface area contributed by atoms with Crippen LogP contribution in [0, 0.1) is 22.7 Å². The van der Waals surface area contributed by atoms with E-state index >= 15 is 0 Å². The van der Waals surface area contributed by atoms with Crippen LogP contribution in [0.25, 0.3) is 0 Å². The number of carbonyl (C=O) groups excluding carboxylic acids is 1. The molecule has 4 saturated carbocycles. The van der Waals surface area contributed by atoms with Crippen LogP contribution in [0.5, 0.6) is 0 Å². The van der Waals surface area contributed by atoms with E-state index in [0.717, 1.165) is 0 Å². The van der Waals surface area contributed by atoms with Gasteiger partial charge in [0.2, 0.25) is 0 Å². The van der Waals surface area contributed by atoms with Crippen molar-refractivity contribution in [2.45, 2.75) is 251 Å². The summed E-state index contributed by atoms with van der Waals surface area (Å²) in [6.07, 6.45) is -17.0. The van der Waals surface area contributed by atoms with E-state index in [1.807, 2.05) is 6.92 Å². The van der Waals surface area contributed by atoms with Crippen LogP contribution in [0.15, 0.2) is 30.3 Å². The first kappa shape index (κ1) is 59.5. The van der Waals surface area contributed by atoms with E-state index in [1.54, 1.807) is 58.2 Å². The first-order valence-electron chi connectivity index (χ1n) is 27.7. The number of benzene rings is 1. The zero-order chi connectivity index (χ0) is 55.7. The minimum absolute atomic E-state index is 0.0197. The maximum atomic E-state index is 13.8. The van der Waals surface area contributed by atoms with Crippen LogP contribution in [0.1, 0.15) is 116 Å². The molecule has 0 aromatic heterocycles. The third kappa shape index (κ3) is 10.2. The van der Waals surface area contributed by atoms with Crippen molar-refractivity contribution in [3.05, 3.63) is 35.9 Å². The molecule has 0 amide bonds. The normalized spacial score (nSPS) is 51.5. The lowest BCUT2D eigenvalue weighted by atomic mass is 9.40. The van der Waals surface area contributed by atoms with Gasteiger partial charge in [0.1, 0.15) is 72.2 Å². The van der Waals surface area contributed by atoms with Gasteiger partial charge in [-0.2, -0.15) is 0 Å².